The Morgan fingerprint density at radius 1 is 1.41 bits per heavy atom. The standard InChI is InChI=1S/C18H15ClN4O2S2/c19-13-4-2-1-3-11(13)8-20-18-23-16(25)14(27-18)7-12-9-21-17(26-12)22-15(24)10-5-6-10/h1-4,7,9-10H,5-6,8H2,(H,20,23,25)(H,21,22,24). The van der Waals surface area contributed by atoms with Crippen LogP contribution >= 0.6 is 34.7 Å². The minimum Gasteiger partial charge on any atom is -0.302 e. The van der Waals surface area contributed by atoms with E-state index in [-0.39, 0.29) is 17.7 Å². The summed E-state index contributed by atoms with van der Waals surface area (Å²) in [6, 6.07) is 7.48. The highest BCUT2D eigenvalue weighted by Crippen LogP contribution is 2.32. The molecule has 1 saturated carbocycles. The van der Waals surface area contributed by atoms with Crippen molar-refractivity contribution >= 4 is 62.9 Å². The fourth-order valence-electron chi connectivity index (χ4n) is 2.38. The van der Waals surface area contributed by atoms with Crippen LogP contribution in [0.2, 0.25) is 5.02 Å². The highest BCUT2D eigenvalue weighted by molar-refractivity contribution is 8.18. The molecule has 2 N–H and O–H groups in total. The van der Waals surface area contributed by atoms with Crippen LogP contribution in [0.25, 0.3) is 6.08 Å². The largest absolute Gasteiger partial charge is 0.302 e. The number of amidine groups is 1. The summed E-state index contributed by atoms with van der Waals surface area (Å²) in [5.41, 5.74) is 0.900. The van der Waals surface area contributed by atoms with Crippen LogP contribution in [-0.4, -0.2) is 22.0 Å². The lowest BCUT2D eigenvalue weighted by atomic mass is 10.2. The average molecular weight is 419 g/mol. The molecule has 138 valence electrons. The molecule has 6 nitrogen and oxygen atoms in total. The molecule has 1 aromatic heterocycles. The van der Waals surface area contributed by atoms with Gasteiger partial charge in [-0.15, -0.1) is 0 Å². The van der Waals surface area contributed by atoms with Crippen molar-refractivity contribution in [2.45, 2.75) is 19.4 Å². The molecule has 2 fully saturated rings. The van der Waals surface area contributed by atoms with Crippen LogP contribution in [-0.2, 0) is 16.1 Å². The number of nitrogens with one attached hydrogen (secondary N) is 2. The summed E-state index contributed by atoms with van der Waals surface area (Å²) in [5.74, 6) is -0.0517. The van der Waals surface area contributed by atoms with Crippen LogP contribution in [0.4, 0.5) is 5.13 Å². The van der Waals surface area contributed by atoms with Crippen LogP contribution in [0.5, 0.6) is 0 Å². The van der Waals surface area contributed by atoms with Crippen molar-refractivity contribution < 1.29 is 9.59 Å². The molecule has 4 rings (SSSR count). The van der Waals surface area contributed by atoms with E-state index in [1.165, 1.54) is 23.1 Å². The molecule has 1 aliphatic carbocycles. The Morgan fingerprint density at radius 3 is 3.00 bits per heavy atom. The Hall–Kier alpha value is -2.16. The van der Waals surface area contributed by atoms with Crippen LogP contribution < -0.4 is 10.6 Å². The molecule has 0 bridgehead atoms. The summed E-state index contributed by atoms with van der Waals surface area (Å²) in [6.07, 6.45) is 5.29. The van der Waals surface area contributed by atoms with E-state index < -0.39 is 0 Å². The molecule has 0 spiro atoms. The fourth-order valence-corrected chi connectivity index (χ4v) is 4.22. The maximum Gasteiger partial charge on any atom is 0.264 e. The molecule has 1 aromatic carbocycles. The van der Waals surface area contributed by atoms with E-state index in [4.69, 9.17) is 11.6 Å². The molecule has 2 amide bonds. The number of halogens is 1. The van der Waals surface area contributed by atoms with Crippen molar-refractivity contribution in [2.75, 3.05) is 5.32 Å². The molecule has 9 heteroatoms. The van der Waals surface area contributed by atoms with Crippen molar-refractivity contribution in [2.24, 2.45) is 10.9 Å². The van der Waals surface area contributed by atoms with Crippen molar-refractivity contribution in [3.8, 4) is 0 Å². The van der Waals surface area contributed by atoms with Crippen molar-refractivity contribution in [1.82, 2.24) is 10.3 Å². The van der Waals surface area contributed by atoms with Crippen molar-refractivity contribution in [3.05, 3.63) is 50.8 Å². The highest BCUT2D eigenvalue weighted by atomic mass is 35.5. The van der Waals surface area contributed by atoms with E-state index in [1.54, 1.807) is 12.3 Å². The number of benzene rings is 1. The van der Waals surface area contributed by atoms with E-state index in [9.17, 15) is 9.59 Å². The maximum atomic E-state index is 12.2. The molecule has 2 heterocycles. The zero-order valence-electron chi connectivity index (χ0n) is 14.1. The first-order valence-corrected chi connectivity index (χ1v) is 10.3. The highest BCUT2D eigenvalue weighted by Gasteiger charge is 2.30. The Balaban J connectivity index is 1.41. The molecular formula is C18H15ClN4O2S2. The molecule has 0 unspecified atom stereocenters. The third-order valence-corrected chi connectivity index (χ3v) is 6.15. The second-order valence-electron chi connectivity index (χ2n) is 6.11. The molecular weight excluding hydrogens is 404 g/mol. The monoisotopic (exact) mass is 418 g/mol. The lowest BCUT2D eigenvalue weighted by Crippen LogP contribution is -2.19. The zero-order valence-corrected chi connectivity index (χ0v) is 16.5. The van der Waals surface area contributed by atoms with E-state index in [0.29, 0.717) is 26.8 Å². The van der Waals surface area contributed by atoms with Gasteiger partial charge in [-0.2, -0.15) is 0 Å². The van der Waals surface area contributed by atoms with Gasteiger partial charge < -0.3 is 10.6 Å². The van der Waals surface area contributed by atoms with Crippen LogP contribution in [0.1, 0.15) is 23.3 Å². The minimum absolute atomic E-state index is 0.0190. The second kappa shape index (κ2) is 7.84. The summed E-state index contributed by atoms with van der Waals surface area (Å²) in [7, 11) is 0. The van der Waals surface area contributed by atoms with Crippen molar-refractivity contribution in [3.63, 3.8) is 0 Å². The number of hydrogen-bond acceptors (Lipinski definition) is 6. The predicted molar refractivity (Wildman–Crippen MR) is 110 cm³/mol. The lowest BCUT2D eigenvalue weighted by Gasteiger charge is -2.00. The summed E-state index contributed by atoms with van der Waals surface area (Å²) in [6.45, 7) is 0.396. The Bertz CT molecular complexity index is 966. The van der Waals surface area contributed by atoms with Gasteiger partial charge in [-0.05, 0) is 42.3 Å². The molecule has 0 radical (unpaired) electrons. The van der Waals surface area contributed by atoms with Gasteiger partial charge in [0.25, 0.3) is 5.91 Å². The summed E-state index contributed by atoms with van der Waals surface area (Å²) in [5, 5.41) is 7.30. The van der Waals surface area contributed by atoms with Crippen LogP contribution in [0, 0.1) is 5.92 Å². The lowest BCUT2D eigenvalue weighted by molar-refractivity contribution is -0.117. The van der Waals surface area contributed by atoms with Gasteiger partial charge in [0.1, 0.15) is 0 Å². The normalized spacial score (nSPS) is 19.5. The second-order valence-corrected chi connectivity index (χ2v) is 8.61. The smallest absolute Gasteiger partial charge is 0.264 e. The number of carbonyl (C=O) groups is 2. The number of anilines is 1. The number of aliphatic imine (C=N–C) groups is 1. The molecule has 1 saturated heterocycles. The van der Waals surface area contributed by atoms with Crippen LogP contribution in [0.15, 0.2) is 40.4 Å². The quantitative estimate of drug-likeness (QED) is 0.721. The van der Waals surface area contributed by atoms with E-state index in [0.717, 1.165) is 23.3 Å². The summed E-state index contributed by atoms with van der Waals surface area (Å²) >= 11 is 8.74. The topological polar surface area (TPSA) is 83.4 Å². The molecule has 2 aromatic rings. The Morgan fingerprint density at radius 2 is 2.22 bits per heavy atom. The van der Waals surface area contributed by atoms with Gasteiger partial charge in [0.2, 0.25) is 5.91 Å². The first kappa shape index (κ1) is 18.2. The summed E-state index contributed by atoms with van der Waals surface area (Å²) in [4.78, 5) is 33.9. The number of amides is 2. The zero-order chi connectivity index (χ0) is 18.8. The van der Waals surface area contributed by atoms with Gasteiger partial charge in [0.05, 0.1) is 16.3 Å². The van der Waals surface area contributed by atoms with Gasteiger partial charge in [-0.25, -0.2) is 4.98 Å². The third-order valence-electron chi connectivity index (χ3n) is 3.98. The predicted octanol–water partition coefficient (Wildman–Crippen LogP) is 3.91. The van der Waals surface area contributed by atoms with Gasteiger partial charge in [0.15, 0.2) is 10.3 Å². The van der Waals surface area contributed by atoms with E-state index >= 15 is 0 Å². The van der Waals surface area contributed by atoms with Gasteiger partial charge in [-0.1, -0.05) is 41.1 Å². The molecule has 27 heavy (non-hydrogen) atoms. The van der Waals surface area contributed by atoms with E-state index in [1.807, 2.05) is 24.3 Å². The van der Waals surface area contributed by atoms with Gasteiger partial charge >= 0.3 is 0 Å². The molecule has 1 aliphatic heterocycles. The van der Waals surface area contributed by atoms with Crippen LogP contribution in [0.3, 0.4) is 0 Å². The number of hydrogen-bond donors (Lipinski definition) is 2. The number of thioether (sulfide) groups is 1. The van der Waals surface area contributed by atoms with Gasteiger partial charge in [0, 0.05) is 17.1 Å². The van der Waals surface area contributed by atoms with Crippen molar-refractivity contribution in [1.29, 1.82) is 0 Å². The number of nitrogens with zero attached hydrogens (tertiary/aromatic N) is 2. The first-order valence-electron chi connectivity index (χ1n) is 8.34. The number of thiazole rings is 1. The average Bonchev–Trinajstić information content (AvgIpc) is 3.33. The SMILES string of the molecule is O=C1NC(=NCc2ccccc2Cl)SC1=Cc1cnc(NC(=O)C2CC2)s1. The third kappa shape index (κ3) is 4.58. The first-order chi connectivity index (χ1) is 13.1. The number of aromatic nitrogens is 1. The maximum absolute atomic E-state index is 12.2. The Labute approximate surface area is 169 Å². The van der Waals surface area contributed by atoms with Gasteiger partial charge in [-0.3, -0.25) is 14.6 Å². The molecule has 2 aliphatic rings. The minimum atomic E-state index is -0.199. The summed E-state index contributed by atoms with van der Waals surface area (Å²) < 4.78 is 0. The number of carbonyl (C=O) groups excluding carboxylic acids is 2. The van der Waals surface area contributed by atoms with E-state index in [2.05, 4.69) is 20.6 Å². The number of rotatable bonds is 5. The fraction of sp³-hybridized carbons (Fsp3) is 0.222. The molecule has 0 atom stereocenters. The Kier molecular flexibility index (Phi) is 5.29.